The van der Waals surface area contributed by atoms with Gasteiger partial charge in [-0.1, -0.05) is 32.0 Å². The fourth-order valence-corrected chi connectivity index (χ4v) is 3.28. The molecule has 2 atom stereocenters. The van der Waals surface area contributed by atoms with Crippen LogP contribution in [-0.2, 0) is 4.79 Å². The molecule has 3 rings (SSSR count). The average Bonchev–Trinajstić information content (AvgIpc) is 2.91. The predicted octanol–water partition coefficient (Wildman–Crippen LogP) is 3.02. The molecule has 1 aromatic heterocycles. The van der Waals surface area contributed by atoms with Crippen molar-refractivity contribution in [2.24, 2.45) is 5.92 Å². The highest BCUT2D eigenvalue weighted by Crippen LogP contribution is 2.32. The van der Waals surface area contributed by atoms with Gasteiger partial charge >= 0.3 is 6.03 Å². The van der Waals surface area contributed by atoms with Crippen LogP contribution in [0.15, 0.2) is 28.7 Å². The number of urea groups is 1. The van der Waals surface area contributed by atoms with Gasteiger partial charge in [-0.25, -0.2) is 4.79 Å². The molecule has 1 aliphatic rings. The molecular weight excluding hydrogens is 318 g/mol. The molecule has 3 amide bonds. The number of piperidine rings is 1. The van der Waals surface area contributed by atoms with Gasteiger partial charge in [-0.15, -0.1) is 0 Å². The Bertz CT molecular complexity index is 781. The van der Waals surface area contributed by atoms with Gasteiger partial charge in [0.05, 0.1) is 6.04 Å². The second-order valence-electron chi connectivity index (χ2n) is 6.91. The lowest BCUT2D eigenvalue weighted by atomic mass is 9.98. The highest BCUT2D eigenvalue weighted by Gasteiger charge is 2.28. The van der Waals surface area contributed by atoms with Crippen LogP contribution < -0.4 is 16.0 Å². The van der Waals surface area contributed by atoms with Gasteiger partial charge in [0.1, 0.15) is 17.4 Å². The fraction of sp³-hybridized carbons (Fsp3) is 0.474. The van der Waals surface area contributed by atoms with Gasteiger partial charge in [0, 0.05) is 17.5 Å². The van der Waals surface area contributed by atoms with Gasteiger partial charge in [0.2, 0.25) is 5.91 Å². The minimum atomic E-state index is -0.474. The molecule has 3 N–H and O–H groups in total. The molecule has 1 aromatic carbocycles. The minimum absolute atomic E-state index is 0.123. The second kappa shape index (κ2) is 7.17. The molecule has 2 aromatic rings. The van der Waals surface area contributed by atoms with Crippen LogP contribution in [-0.4, -0.2) is 24.5 Å². The van der Waals surface area contributed by atoms with Crippen molar-refractivity contribution in [3.63, 3.8) is 0 Å². The van der Waals surface area contributed by atoms with Gasteiger partial charge in [-0.3, -0.25) is 4.79 Å². The van der Waals surface area contributed by atoms with Crippen molar-refractivity contribution >= 4 is 22.9 Å². The number of carbonyl (C=O) groups is 2. The lowest BCUT2D eigenvalue weighted by molar-refractivity contribution is -0.124. The third-order valence-corrected chi connectivity index (χ3v) is 4.71. The van der Waals surface area contributed by atoms with E-state index < -0.39 is 6.04 Å². The van der Waals surface area contributed by atoms with E-state index in [-0.39, 0.29) is 23.9 Å². The summed E-state index contributed by atoms with van der Waals surface area (Å²) in [5.74, 6) is 0.784. The highest BCUT2D eigenvalue weighted by atomic mass is 16.3. The molecule has 1 unspecified atom stereocenters. The van der Waals surface area contributed by atoms with Gasteiger partial charge in [0.25, 0.3) is 0 Å². The first-order chi connectivity index (χ1) is 12.0. The Morgan fingerprint density at radius 3 is 2.76 bits per heavy atom. The first kappa shape index (κ1) is 17.3. The third-order valence-electron chi connectivity index (χ3n) is 4.71. The Balaban J connectivity index is 1.77. The predicted molar refractivity (Wildman–Crippen MR) is 96.2 cm³/mol. The minimum Gasteiger partial charge on any atom is -0.459 e. The number of aryl methyl sites for hydroxylation is 1. The molecule has 6 nitrogen and oxygen atoms in total. The number of nitrogens with one attached hydrogen (secondary N) is 3. The molecule has 2 heterocycles. The van der Waals surface area contributed by atoms with E-state index in [2.05, 4.69) is 16.0 Å². The van der Waals surface area contributed by atoms with Crippen molar-refractivity contribution in [2.45, 2.75) is 45.7 Å². The van der Waals surface area contributed by atoms with Crippen molar-refractivity contribution < 1.29 is 14.0 Å². The summed E-state index contributed by atoms with van der Waals surface area (Å²) in [7, 11) is 0. The summed E-state index contributed by atoms with van der Waals surface area (Å²) in [6.07, 6.45) is 1.53. The van der Waals surface area contributed by atoms with Gasteiger partial charge in [-0.05, 0) is 31.7 Å². The Morgan fingerprint density at radius 1 is 1.32 bits per heavy atom. The zero-order valence-electron chi connectivity index (χ0n) is 14.9. The maximum atomic E-state index is 12.4. The summed E-state index contributed by atoms with van der Waals surface area (Å²) in [6.45, 7) is 6.74. The Morgan fingerprint density at radius 2 is 2.08 bits per heavy atom. The van der Waals surface area contributed by atoms with Crippen LogP contribution in [0.5, 0.6) is 0 Å². The molecule has 134 valence electrons. The molecule has 0 aliphatic carbocycles. The van der Waals surface area contributed by atoms with Crippen molar-refractivity contribution in [3.8, 4) is 0 Å². The van der Waals surface area contributed by atoms with Crippen LogP contribution >= 0.6 is 0 Å². The molecule has 1 aliphatic heterocycles. The molecule has 0 spiro atoms. The van der Waals surface area contributed by atoms with Crippen molar-refractivity contribution in [3.05, 3.63) is 35.6 Å². The number of para-hydroxylation sites is 1. The summed E-state index contributed by atoms with van der Waals surface area (Å²) in [6, 6.07) is 6.76. The second-order valence-corrected chi connectivity index (χ2v) is 6.91. The number of carbonyl (C=O) groups excluding carboxylic acids is 2. The van der Waals surface area contributed by atoms with E-state index in [4.69, 9.17) is 4.42 Å². The van der Waals surface area contributed by atoms with Gasteiger partial charge in [0.15, 0.2) is 0 Å². The highest BCUT2D eigenvalue weighted by molar-refractivity contribution is 5.88. The van der Waals surface area contributed by atoms with E-state index in [1.165, 1.54) is 0 Å². The zero-order chi connectivity index (χ0) is 18.0. The molecule has 1 fully saturated rings. The monoisotopic (exact) mass is 343 g/mol. The Labute approximate surface area is 147 Å². The fourth-order valence-electron chi connectivity index (χ4n) is 3.28. The Hall–Kier alpha value is -2.50. The summed E-state index contributed by atoms with van der Waals surface area (Å²) in [4.78, 5) is 24.2. The number of amides is 3. The smallest absolute Gasteiger partial charge is 0.316 e. The lowest BCUT2D eigenvalue weighted by Gasteiger charge is -2.26. The molecule has 0 radical (unpaired) electrons. The topological polar surface area (TPSA) is 83.4 Å². The van der Waals surface area contributed by atoms with Crippen LogP contribution in [0.1, 0.15) is 44.1 Å². The van der Waals surface area contributed by atoms with E-state index in [0.717, 1.165) is 28.7 Å². The standard InChI is InChI=1S/C19H25N3O3/c1-11(2)16(17-12(3)13-7-4-5-9-15(13)25-17)22-19(24)21-14-8-6-10-20-18(14)23/h4-5,7,9,11,14,16H,6,8,10H2,1-3H3,(H,20,23)(H2,21,22,24)/t14?,16-/m1/s1. The maximum Gasteiger partial charge on any atom is 0.316 e. The van der Waals surface area contributed by atoms with E-state index in [1.54, 1.807) is 0 Å². The quantitative estimate of drug-likeness (QED) is 0.798. The maximum absolute atomic E-state index is 12.4. The first-order valence-corrected chi connectivity index (χ1v) is 8.80. The molecule has 0 bridgehead atoms. The summed E-state index contributed by atoms with van der Waals surface area (Å²) in [5, 5.41) is 9.58. The van der Waals surface area contributed by atoms with Crippen LogP contribution in [0.4, 0.5) is 4.79 Å². The van der Waals surface area contributed by atoms with Crippen LogP contribution in [0.3, 0.4) is 0 Å². The molecular formula is C19H25N3O3. The lowest BCUT2D eigenvalue weighted by Crippen LogP contribution is -2.53. The average molecular weight is 343 g/mol. The van der Waals surface area contributed by atoms with Crippen molar-refractivity contribution in [1.82, 2.24) is 16.0 Å². The molecule has 6 heteroatoms. The van der Waals surface area contributed by atoms with E-state index in [1.807, 2.05) is 45.0 Å². The zero-order valence-corrected chi connectivity index (χ0v) is 14.9. The van der Waals surface area contributed by atoms with Gasteiger partial charge in [-0.2, -0.15) is 0 Å². The van der Waals surface area contributed by atoms with Crippen molar-refractivity contribution in [2.75, 3.05) is 6.54 Å². The normalized spacial score (nSPS) is 18.9. The number of fused-ring (bicyclic) bond motifs is 1. The van der Waals surface area contributed by atoms with Crippen LogP contribution in [0.25, 0.3) is 11.0 Å². The van der Waals surface area contributed by atoms with Crippen LogP contribution in [0.2, 0.25) is 0 Å². The summed E-state index contributed by atoms with van der Waals surface area (Å²) < 4.78 is 6.01. The number of benzene rings is 1. The largest absolute Gasteiger partial charge is 0.459 e. The molecule has 1 saturated heterocycles. The number of rotatable bonds is 4. The third kappa shape index (κ3) is 3.62. The Kier molecular flexibility index (Phi) is 4.97. The number of furan rings is 1. The van der Waals surface area contributed by atoms with E-state index >= 15 is 0 Å². The SMILES string of the molecule is Cc1c([C@H](NC(=O)NC2CCCNC2=O)C(C)C)oc2ccccc12. The molecule has 0 saturated carbocycles. The number of hydrogen-bond donors (Lipinski definition) is 3. The number of hydrogen-bond acceptors (Lipinski definition) is 3. The first-order valence-electron chi connectivity index (χ1n) is 8.80. The molecule has 25 heavy (non-hydrogen) atoms. The summed E-state index contributed by atoms with van der Waals surface area (Å²) in [5.41, 5.74) is 1.85. The van der Waals surface area contributed by atoms with Crippen molar-refractivity contribution in [1.29, 1.82) is 0 Å². The van der Waals surface area contributed by atoms with E-state index in [9.17, 15) is 9.59 Å². The van der Waals surface area contributed by atoms with E-state index in [0.29, 0.717) is 13.0 Å². The summed E-state index contributed by atoms with van der Waals surface area (Å²) >= 11 is 0. The van der Waals surface area contributed by atoms with Gasteiger partial charge < -0.3 is 20.4 Å². The van der Waals surface area contributed by atoms with Crippen LogP contribution in [0, 0.1) is 12.8 Å².